The molecule has 0 unspecified atom stereocenters. The van der Waals surface area contributed by atoms with Crippen LogP contribution in [0, 0.1) is 0 Å². The minimum Gasteiger partial charge on any atom is -0.301 e. The predicted octanol–water partition coefficient (Wildman–Crippen LogP) is 1.96. The molecule has 1 aromatic heterocycles. The van der Waals surface area contributed by atoms with E-state index in [1.165, 1.54) is 0 Å². The van der Waals surface area contributed by atoms with E-state index in [-0.39, 0.29) is 5.16 Å². The van der Waals surface area contributed by atoms with Crippen LogP contribution in [0.1, 0.15) is 38.9 Å². The number of rotatable bonds is 6. The standard InChI is InChI=1S/C9H16ClN3O2S/c1-3-5-7-13-8(6-4-2)11-12-9(13)16(10,14)15/h3-7H2,1-2H3. The van der Waals surface area contributed by atoms with Crippen molar-refractivity contribution < 1.29 is 8.42 Å². The van der Waals surface area contributed by atoms with Crippen molar-refractivity contribution in [3.8, 4) is 0 Å². The van der Waals surface area contributed by atoms with Crippen molar-refractivity contribution in [3.63, 3.8) is 0 Å². The summed E-state index contributed by atoms with van der Waals surface area (Å²) in [7, 11) is 1.51. The molecule has 0 saturated carbocycles. The molecule has 1 rings (SSSR count). The summed E-state index contributed by atoms with van der Waals surface area (Å²) in [6.45, 7) is 4.65. The first-order valence-electron chi connectivity index (χ1n) is 5.37. The van der Waals surface area contributed by atoms with Gasteiger partial charge < -0.3 is 4.57 Å². The molecule has 7 heteroatoms. The molecular formula is C9H16ClN3O2S. The largest absolute Gasteiger partial charge is 0.301 e. The molecule has 0 atom stereocenters. The molecule has 1 heterocycles. The van der Waals surface area contributed by atoms with E-state index in [0.29, 0.717) is 18.8 Å². The molecule has 0 aliphatic heterocycles. The lowest BCUT2D eigenvalue weighted by Crippen LogP contribution is -2.09. The van der Waals surface area contributed by atoms with E-state index in [0.717, 1.165) is 19.3 Å². The first-order chi connectivity index (χ1) is 7.50. The summed E-state index contributed by atoms with van der Waals surface area (Å²) >= 11 is 0. The zero-order valence-corrected chi connectivity index (χ0v) is 11.1. The van der Waals surface area contributed by atoms with Crippen molar-refractivity contribution in [1.29, 1.82) is 0 Å². The molecule has 0 fully saturated rings. The van der Waals surface area contributed by atoms with E-state index in [2.05, 4.69) is 10.2 Å². The van der Waals surface area contributed by atoms with Crippen LogP contribution in [0.3, 0.4) is 0 Å². The highest BCUT2D eigenvalue weighted by atomic mass is 35.7. The lowest BCUT2D eigenvalue weighted by molar-refractivity contribution is 0.538. The molecule has 0 aliphatic rings. The van der Waals surface area contributed by atoms with Gasteiger partial charge in [-0.25, -0.2) is 8.42 Å². The SMILES string of the molecule is CCCCn1c(CCC)nnc1S(=O)(=O)Cl. The van der Waals surface area contributed by atoms with Crippen LogP contribution in [0.4, 0.5) is 0 Å². The van der Waals surface area contributed by atoms with Gasteiger partial charge in [-0.1, -0.05) is 20.3 Å². The van der Waals surface area contributed by atoms with E-state index >= 15 is 0 Å². The summed E-state index contributed by atoms with van der Waals surface area (Å²) in [5.74, 6) is 0.690. The monoisotopic (exact) mass is 265 g/mol. The van der Waals surface area contributed by atoms with E-state index in [1.807, 2.05) is 13.8 Å². The van der Waals surface area contributed by atoms with Gasteiger partial charge in [0, 0.05) is 23.6 Å². The third-order valence-corrected chi connectivity index (χ3v) is 3.37. The Balaban J connectivity index is 3.09. The number of aromatic nitrogens is 3. The molecule has 1 aromatic rings. The average molecular weight is 266 g/mol. The summed E-state index contributed by atoms with van der Waals surface area (Å²) in [6, 6.07) is 0. The highest BCUT2D eigenvalue weighted by Gasteiger charge is 2.21. The van der Waals surface area contributed by atoms with Crippen LogP contribution >= 0.6 is 10.7 Å². The molecule has 0 aromatic carbocycles. The fraction of sp³-hybridized carbons (Fsp3) is 0.778. The molecular weight excluding hydrogens is 250 g/mol. The normalized spacial score (nSPS) is 11.9. The summed E-state index contributed by atoms with van der Waals surface area (Å²) < 4.78 is 24.2. The molecule has 0 saturated heterocycles. The van der Waals surface area contributed by atoms with Crippen molar-refractivity contribution in [3.05, 3.63) is 5.82 Å². The van der Waals surface area contributed by atoms with Gasteiger partial charge in [0.1, 0.15) is 5.82 Å². The van der Waals surface area contributed by atoms with Crippen LogP contribution in [0.15, 0.2) is 5.16 Å². The first-order valence-corrected chi connectivity index (χ1v) is 7.68. The van der Waals surface area contributed by atoms with Crippen LogP contribution in [-0.4, -0.2) is 23.2 Å². The minimum absolute atomic E-state index is 0.133. The smallest absolute Gasteiger partial charge is 0.296 e. The Hall–Kier alpha value is -0.620. The maximum absolute atomic E-state index is 11.3. The van der Waals surface area contributed by atoms with Crippen molar-refractivity contribution in [2.24, 2.45) is 0 Å². The molecule has 0 aliphatic carbocycles. The van der Waals surface area contributed by atoms with Gasteiger partial charge >= 0.3 is 0 Å². The maximum Gasteiger partial charge on any atom is 0.296 e. The second kappa shape index (κ2) is 5.63. The Kier molecular flexibility index (Phi) is 4.73. The fourth-order valence-corrected chi connectivity index (χ4v) is 2.39. The quantitative estimate of drug-likeness (QED) is 0.738. The zero-order valence-electron chi connectivity index (χ0n) is 9.48. The fourth-order valence-electron chi connectivity index (χ4n) is 1.45. The summed E-state index contributed by atoms with van der Waals surface area (Å²) in [5, 5.41) is 7.39. The minimum atomic E-state index is -3.80. The molecule has 0 radical (unpaired) electrons. The second-order valence-corrected chi connectivity index (χ2v) is 6.05. The molecule has 0 amide bonds. The van der Waals surface area contributed by atoms with Crippen LogP contribution in [0.25, 0.3) is 0 Å². The predicted molar refractivity (Wildman–Crippen MR) is 62.0 cm³/mol. The molecule has 16 heavy (non-hydrogen) atoms. The van der Waals surface area contributed by atoms with Gasteiger partial charge in [-0.15, -0.1) is 10.2 Å². The van der Waals surface area contributed by atoms with Crippen LogP contribution < -0.4 is 0 Å². The van der Waals surface area contributed by atoms with Gasteiger partial charge in [0.15, 0.2) is 0 Å². The van der Waals surface area contributed by atoms with Crippen LogP contribution in [-0.2, 0) is 22.0 Å². The Morgan fingerprint density at radius 1 is 1.25 bits per heavy atom. The molecule has 0 spiro atoms. The van der Waals surface area contributed by atoms with Gasteiger partial charge in [-0.05, 0) is 12.8 Å². The molecule has 0 bridgehead atoms. The number of hydrogen-bond donors (Lipinski definition) is 0. The number of aryl methyl sites for hydroxylation is 1. The van der Waals surface area contributed by atoms with Crippen molar-refractivity contribution in [1.82, 2.24) is 14.8 Å². The lowest BCUT2D eigenvalue weighted by Gasteiger charge is -2.06. The number of unbranched alkanes of at least 4 members (excludes halogenated alkanes) is 1. The zero-order chi connectivity index (χ0) is 12.2. The van der Waals surface area contributed by atoms with Gasteiger partial charge in [-0.2, -0.15) is 0 Å². The highest BCUT2D eigenvalue weighted by molar-refractivity contribution is 8.13. The number of hydrogen-bond acceptors (Lipinski definition) is 4. The van der Waals surface area contributed by atoms with Crippen LogP contribution in [0.5, 0.6) is 0 Å². The maximum atomic E-state index is 11.3. The van der Waals surface area contributed by atoms with E-state index in [4.69, 9.17) is 10.7 Å². The summed E-state index contributed by atoms with van der Waals surface area (Å²) in [4.78, 5) is 0. The lowest BCUT2D eigenvalue weighted by atomic mass is 10.3. The number of nitrogens with zero attached hydrogens (tertiary/aromatic N) is 3. The highest BCUT2D eigenvalue weighted by Crippen LogP contribution is 2.15. The Morgan fingerprint density at radius 2 is 1.94 bits per heavy atom. The average Bonchev–Trinajstić information content (AvgIpc) is 2.58. The second-order valence-electron chi connectivity index (χ2n) is 3.59. The molecule has 5 nitrogen and oxygen atoms in total. The summed E-state index contributed by atoms with van der Waals surface area (Å²) in [5.41, 5.74) is 0. The third kappa shape index (κ3) is 3.18. The van der Waals surface area contributed by atoms with Gasteiger partial charge in [0.05, 0.1) is 0 Å². The van der Waals surface area contributed by atoms with Crippen LogP contribution in [0.2, 0.25) is 0 Å². The van der Waals surface area contributed by atoms with E-state index in [1.54, 1.807) is 4.57 Å². The topological polar surface area (TPSA) is 64.8 Å². The van der Waals surface area contributed by atoms with Gasteiger partial charge in [-0.3, -0.25) is 0 Å². The molecule has 0 N–H and O–H groups in total. The van der Waals surface area contributed by atoms with Crippen molar-refractivity contribution in [2.45, 2.75) is 51.2 Å². The Morgan fingerprint density at radius 3 is 2.44 bits per heavy atom. The van der Waals surface area contributed by atoms with Crippen molar-refractivity contribution in [2.75, 3.05) is 0 Å². The Bertz CT molecular complexity index is 442. The van der Waals surface area contributed by atoms with E-state index < -0.39 is 9.05 Å². The Labute approximate surface area is 100 Å². The van der Waals surface area contributed by atoms with Gasteiger partial charge in [0.2, 0.25) is 0 Å². The molecule has 92 valence electrons. The van der Waals surface area contributed by atoms with Gasteiger partial charge in [0.25, 0.3) is 14.2 Å². The first kappa shape index (κ1) is 13.4. The third-order valence-electron chi connectivity index (χ3n) is 2.22. The van der Waals surface area contributed by atoms with Crippen molar-refractivity contribution >= 4 is 19.7 Å². The number of halogens is 1. The summed E-state index contributed by atoms with van der Waals surface area (Å²) in [6.07, 6.45) is 3.47. The van der Waals surface area contributed by atoms with E-state index in [9.17, 15) is 8.42 Å².